The Hall–Kier alpha value is -2.14. The summed E-state index contributed by atoms with van der Waals surface area (Å²) >= 11 is 0. The highest BCUT2D eigenvalue weighted by atomic mass is 16.2. The summed E-state index contributed by atoms with van der Waals surface area (Å²) in [5, 5.41) is 4.52. The molecule has 1 spiro atoms. The van der Waals surface area contributed by atoms with Crippen LogP contribution in [0.5, 0.6) is 0 Å². The summed E-state index contributed by atoms with van der Waals surface area (Å²) in [6, 6.07) is 12.4. The van der Waals surface area contributed by atoms with Gasteiger partial charge in [-0.2, -0.15) is 5.10 Å². The van der Waals surface area contributed by atoms with E-state index in [1.54, 1.807) is 0 Å². The van der Waals surface area contributed by atoms with Crippen molar-refractivity contribution >= 4 is 5.91 Å². The van der Waals surface area contributed by atoms with Crippen LogP contribution in [0.1, 0.15) is 38.3 Å². The molecule has 0 aliphatic carbocycles. The average Bonchev–Trinajstić information content (AvgIpc) is 3.29. The smallest absolute Gasteiger partial charge is 0.222 e. The van der Waals surface area contributed by atoms with E-state index in [2.05, 4.69) is 33.1 Å². The minimum atomic E-state index is 0.292. The van der Waals surface area contributed by atoms with Gasteiger partial charge in [-0.25, -0.2) is 4.68 Å². The molecule has 5 heteroatoms. The van der Waals surface area contributed by atoms with Crippen molar-refractivity contribution in [2.75, 3.05) is 26.2 Å². The van der Waals surface area contributed by atoms with E-state index in [9.17, 15) is 4.79 Å². The van der Waals surface area contributed by atoms with Crippen molar-refractivity contribution in [1.82, 2.24) is 19.6 Å². The molecule has 1 aromatic heterocycles. The second-order valence-corrected chi connectivity index (χ2v) is 7.80. The highest BCUT2D eigenvalue weighted by Gasteiger charge is 2.42. The van der Waals surface area contributed by atoms with Gasteiger partial charge in [0.1, 0.15) is 0 Å². The lowest BCUT2D eigenvalue weighted by Gasteiger charge is -2.40. The molecular weight excluding hydrogens is 324 g/mol. The van der Waals surface area contributed by atoms with Crippen LogP contribution in [-0.2, 0) is 11.3 Å². The first-order chi connectivity index (χ1) is 12.7. The Morgan fingerprint density at radius 1 is 1.12 bits per heavy atom. The van der Waals surface area contributed by atoms with E-state index in [-0.39, 0.29) is 0 Å². The van der Waals surface area contributed by atoms with Gasteiger partial charge in [-0.3, -0.25) is 9.69 Å². The largest absolute Gasteiger partial charge is 0.342 e. The van der Waals surface area contributed by atoms with Gasteiger partial charge in [-0.05, 0) is 44.0 Å². The molecule has 1 atom stereocenters. The van der Waals surface area contributed by atoms with Gasteiger partial charge in [0.25, 0.3) is 0 Å². The molecule has 0 N–H and O–H groups in total. The maximum atomic E-state index is 12.1. The van der Waals surface area contributed by atoms with Crippen LogP contribution in [0.2, 0.25) is 0 Å². The third-order valence-corrected chi connectivity index (χ3v) is 5.94. The van der Waals surface area contributed by atoms with Crippen LogP contribution in [0, 0.1) is 5.41 Å². The predicted octanol–water partition coefficient (Wildman–Crippen LogP) is 3.10. The lowest BCUT2D eigenvalue weighted by molar-refractivity contribution is -0.134. The number of para-hydroxylation sites is 1. The molecule has 4 rings (SSSR count). The predicted molar refractivity (Wildman–Crippen MR) is 102 cm³/mol. The minimum absolute atomic E-state index is 0.292. The number of aromatic nitrogens is 2. The van der Waals surface area contributed by atoms with Crippen molar-refractivity contribution < 1.29 is 4.79 Å². The zero-order chi connectivity index (χ0) is 18.0. The van der Waals surface area contributed by atoms with E-state index in [1.807, 2.05) is 36.0 Å². The quantitative estimate of drug-likeness (QED) is 0.849. The number of amides is 1. The highest BCUT2D eigenvalue weighted by Crippen LogP contribution is 2.39. The Bertz CT molecular complexity index is 756. The van der Waals surface area contributed by atoms with Gasteiger partial charge in [0.2, 0.25) is 5.91 Å². The number of benzene rings is 1. The molecule has 138 valence electrons. The number of hydrogen-bond acceptors (Lipinski definition) is 3. The number of carbonyl (C=O) groups is 1. The molecule has 2 saturated heterocycles. The first kappa shape index (κ1) is 17.3. The van der Waals surface area contributed by atoms with E-state index < -0.39 is 0 Å². The van der Waals surface area contributed by atoms with Gasteiger partial charge in [0.05, 0.1) is 11.4 Å². The fourth-order valence-corrected chi connectivity index (χ4v) is 4.62. The average molecular weight is 352 g/mol. The number of nitrogens with zero attached hydrogens (tertiary/aromatic N) is 4. The lowest BCUT2D eigenvalue weighted by atomic mass is 9.79. The first-order valence-corrected chi connectivity index (χ1v) is 9.78. The van der Waals surface area contributed by atoms with Crippen molar-refractivity contribution in [1.29, 1.82) is 0 Å². The molecule has 26 heavy (non-hydrogen) atoms. The molecular formula is C21H28N4O. The number of piperidine rings is 1. The Morgan fingerprint density at radius 2 is 1.96 bits per heavy atom. The second kappa shape index (κ2) is 7.23. The fourth-order valence-electron chi connectivity index (χ4n) is 4.62. The van der Waals surface area contributed by atoms with E-state index >= 15 is 0 Å². The fraction of sp³-hybridized carbons (Fsp3) is 0.524. The molecule has 1 amide bonds. The van der Waals surface area contributed by atoms with Gasteiger partial charge < -0.3 is 4.90 Å². The van der Waals surface area contributed by atoms with Gasteiger partial charge in [-0.15, -0.1) is 0 Å². The monoisotopic (exact) mass is 352 g/mol. The number of hydrogen-bond donors (Lipinski definition) is 0. The maximum Gasteiger partial charge on any atom is 0.222 e. The molecule has 0 radical (unpaired) electrons. The number of likely N-dealkylation sites (tertiary alicyclic amines) is 2. The van der Waals surface area contributed by atoms with E-state index in [0.717, 1.165) is 44.8 Å². The van der Waals surface area contributed by atoms with E-state index in [4.69, 9.17) is 0 Å². The zero-order valence-corrected chi connectivity index (χ0v) is 15.6. The third kappa shape index (κ3) is 3.40. The van der Waals surface area contributed by atoms with Crippen molar-refractivity contribution in [2.45, 2.75) is 39.2 Å². The van der Waals surface area contributed by atoms with E-state index in [1.165, 1.54) is 18.5 Å². The van der Waals surface area contributed by atoms with Crippen LogP contribution < -0.4 is 0 Å². The molecule has 0 saturated carbocycles. The van der Waals surface area contributed by atoms with Crippen molar-refractivity contribution in [3.8, 4) is 5.69 Å². The van der Waals surface area contributed by atoms with Gasteiger partial charge in [0.15, 0.2) is 0 Å². The van der Waals surface area contributed by atoms with Crippen LogP contribution in [0.4, 0.5) is 0 Å². The van der Waals surface area contributed by atoms with Crippen molar-refractivity contribution in [2.24, 2.45) is 5.41 Å². The summed E-state index contributed by atoms with van der Waals surface area (Å²) in [7, 11) is 0. The van der Waals surface area contributed by atoms with Crippen LogP contribution in [-0.4, -0.2) is 51.7 Å². The molecule has 2 aliphatic rings. The Balaban J connectivity index is 1.44. The highest BCUT2D eigenvalue weighted by molar-refractivity contribution is 5.76. The first-order valence-electron chi connectivity index (χ1n) is 9.78. The van der Waals surface area contributed by atoms with Gasteiger partial charge in [-0.1, -0.05) is 25.1 Å². The van der Waals surface area contributed by atoms with Crippen molar-refractivity contribution in [3.05, 3.63) is 48.3 Å². The van der Waals surface area contributed by atoms with Crippen molar-refractivity contribution in [3.63, 3.8) is 0 Å². The Kier molecular flexibility index (Phi) is 4.81. The molecule has 1 aromatic carbocycles. The SMILES string of the molecule is CCC(=O)N1CCC[C@@]2(CCN(Cc3ccnn3-c3ccccc3)C2)C1. The summed E-state index contributed by atoms with van der Waals surface area (Å²) in [6.45, 7) is 6.95. The molecule has 3 heterocycles. The molecule has 5 nitrogen and oxygen atoms in total. The normalized spacial score (nSPS) is 23.7. The summed E-state index contributed by atoms with van der Waals surface area (Å²) in [5.41, 5.74) is 2.63. The number of rotatable bonds is 4. The topological polar surface area (TPSA) is 41.4 Å². The minimum Gasteiger partial charge on any atom is -0.342 e. The standard InChI is InChI=1S/C21H28N4O/c1-2-20(26)24-13-6-10-21(17-24)11-14-23(16-21)15-19-9-12-22-25(19)18-7-4-3-5-8-18/h3-5,7-9,12H,2,6,10-11,13-17H2,1H3/t21-/m0/s1. The summed E-state index contributed by atoms with van der Waals surface area (Å²) in [6.07, 6.45) is 6.09. The van der Waals surface area contributed by atoms with E-state index in [0.29, 0.717) is 17.7 Å². The molecule has 2 aromatic rings. The van der Waals surface area contributed by atoms with Gasteiger partial charge >= 0.3 is 0 Å². The third-order valence-electron chi connectivity index (χ3n) is 5.94. The molecule has 0 unspecified atom stereocenters. The zero-order valence-electron chi connectivity index (χ0n) is 15.6. The van der Waals surface area contributed by atoms with Crippen LogP contribution in [0.25, 0.3) is 5.69 Å². The Labute approximate surface area is 155 Å². The summed E-state index contributed by atoms with van der Waals surface area (Å²) in [5.74, 6) is 0.310. The summed E-state index contributed by atoms with van der Waals surface area (Å²) < 4.78 is 2.04. The Morgan fingerprint density at radius 3 is 2.77 bits per heavy atom. The second-order valence-electron chi connectivity index (χ2n) is 7.80. The van der Waals surface area contributed by atoms with Crippen LogP contribution in [0.15, 0.2) is 42.6 Å². The van der Waals surface area contributed by atoms with Gasteiger partial charge in [0, 0.05) is 44.2 Å². The molecule has 0 bridgehead atoms. The molecule has 2 aliphatic heterocycles. The maximum absolute atomic E-state index is 12.1. The summed E-state index contributed by atoms with van der Waals surface area (Å²) in [4.78, 5) is 16.8. The molecule has 2 fully saturated rings. The number of carbonyl (C=O) groups excluding carboxylic acids is 1. The lowest BCUT2D eigenvalue weighted by Crippen LogP contribution is -2.47. The van der Waals surface area contributed by atoms with Crippen LogP contribution in [0.3, 0.4) is 0 Å². The van der Waals surface area contributed by atoms with Crippen LogP contribution >= 0.6 is 0 Å².